The first-order valence-electron chi connectivity index (χ1n) is 9.20. The molecule has 0 atom stereocenters. The van der Waals surface area contributed by atoms with Gasteiger partial charge in [-0.15, -0.1) is 0 Å². The van der Waals surface area contributed by atoms with Gasteiger partial charge in [-0.3, -0.25) is 0 Å². The van der Waals surface area contributed by atoms with Crippen molar-refractivity contribution in [2.75, 3.05) is 41.7 Å². The Hall–Kier alpha value is -2.80. The molecule has 1 saturated heterocycles. The van der Waals surface area contributed by atoms with Gasteiger partial charge >= 0.3 is 0 Å². The Morgan fingerprint density at radius 3 is 2.21 bits per heavy atom. The third-order valence-corrected chi connectivity index (χ3v) is 5.86. The Morgan fingerprint density at radius 2 is 1.54 bits per heavy atom. The van der Waals surface area contributed by atoms with E-state index >= 15 is 0 Å². The van der Waals surface area contributed by atoms with Crippen molar-refractivity contribution in [3.05, 3.63) is 66.2 Å². The Labute approximate surface area is 168 Å². The largest absolute Gasteiger partial charge is 0.394 e. The van der Waals surface area contributed by atoms with E-state index in [9.17, 15) is 4.39 Å². The average molecular weight is 396 g/mol. The Morgan fingerprint density at radius 1 is 0.893 bits per heavy atom. The Bertz CT molecular complexity index is 938. The summed E-state index contributed by atoms with van der Waals surface area (Å²) in [6, 6.07) is 14.9. The van der Waals surface area contributed by atoms with Crippen molar-refractivity contribution >= 4 is 29.0 Å². The lowest BCUT2D eigenvalue weighted by molar-refractivity contribution is 0.624. The van der Waals surface area contributed by atoms with Crippen molar-refractivity contribution < 1.29 is 4.39 Å². The zero-order valence-corrected chi connectivity index (χ0v) is 16.5. The van der Waals surface area contributed by atoms with Crippen LogP contribution in [-0.2, 0) is 0 Å². The zero-order valence-electron chi connectivity index (χ0n) is 15.7. The summed E-state index contributed by atoms with van der Waals surface area (Å²) >= 11 is 1.55. The second-order valence-corrected chi connectivity index (χ2v) is 7.84. The second-order valence-electron chi connectivity index (χ2n) is 6.78. The summed E-state index contributed by atoms with van der Waals surface area (Å²) in [6.45, 7) is 5.32. The maximum absolute atomic E-state index is 13.1. The van der Waals surface area contributed by atoms with Crippen LogP contribution in [0, 0.1) is 12.7 Å². The van der Waals surface area contributed by atoms with E-state index in [0.29, 0.717) is 5.69 Å². The van der Waals surface area contributed by atoms with Crippen LogP contribution in [0.15, 0.2) is 64.8 Å². The fraction of sp³-hybridized carbons (Fsp3) is 0.238. The summed E-state index contributed by atoms with van der Waals surface area (Å²) in [5.41, 5.74) is 9.28. The summed E-state index contributed by atoms with van der Waals surface area (Å²) in [5.74, 6) is 0.568. The predicted molar refractivity (Wildman–Crippen MR) is 113 cm³/mol. The number of anilines is 3. The lowest BCUT2D eigenvalue weighted by atomic mass is 10.2. The van der Waals surface area contributed by atoms with Crippen LogP contribution in [0.5, 0.6) is 0 Å². The van der Waals surface area contributed by atoms with Gasteiger partial charge in [0, 0.05) is 36.8 Å². The van der Waals surface area contributed by atoms with E-state index in [1.807, 2.05) is 12.1 Å². The van der Waals surface area contributed by atoms with Gasteiger partial charge < -0.3 is 15.5 Å². The molecule has 1 aliphatic heterocycles. The van der Waals surface area contributed by atoms with Gasteiger partial charge in [0.25, 0.3) is 0 Å². The monoisotopic (exact) mass is 395 g/mol. The van der Waals surface area contributed by atoms with Gasteiger partial charge in [0.15, 0.2) is 5.82 Å². The van der Waals surface area contributed by atoms with Crippen LogP contribution >= 0.6 is 11.8 Å². The summed E-state index contributed by atoms with van der Waals surface area (Å²) in [5, 5.41) is 0.773. The number of aromatic nitrogens is 2. The smallest absolute Gasteiger partial charge is 0.156 e. The lowest BCUT2D eigenvalue weighted by Gasteiger charge is -2.37. The van der Waals surface area contributed by atoms with Gasteiger partial charge in [0.1, 0.15) is 22.9 Å². The molecule has 1 aromatic heterocycles. The molecule has 7 heteroatoms. The minimum Gasteiger partial charge on any atom is -0.394 e. The van der Waals surface area contributed by atoms with E-state index in [4.69, 9.17) is 5.73 Å². The molecule has 1 fully saturated rings. The number of benzene rings is 2. The van der Waals surface area contributed by atoms with Gasteiger partial charge in [-0.1, -0.05) is 29.5 Å². The standard InChI is InChI=1S/C21H22FN5S/c1-15-2-8-18(9-3-15)28-21-19(23)20(24-14-25-21)27-12-10-26(11-13-27)17-6-4-16(22)5-7-17/h2-9,14H,10-13,23H2,1H3. The van der Waals surface area contributed by atoms with E-state index < -0.39 is 0 Å². The minimum absolute atomic E-state index is 0.213. The van der Waals surface area contributed by atoms with Crippen LogP contribution in [0.3, 0.4) is 0 Å². The van der Waals surface area contributed by atoms with E-state index in [1.54, 1.807) is 18.1 Å². The molecule has 0 radical (unpaired) electrons. The molecule has 0 aliphatic carbocycles. The van der Waals surface area contributed by atoms with Crippen LogP contribution in [0.1, 0.15) is 5.56 Å². The van der Waals surface area contributed by atoms with Gasteiger partial charge in [-0.05, 0) is 43.3 Å². The first-order chi connectivity index (χ1) is 13.6. The highest BCUT2D eigenvalue weighted by Gasteiger charge is 2.21. The van der Waals surface area contributed by atoms with Crippen molar-refractivity contribution in [2.24, 2.45) is 0 Å². The fourth-order valence-electron chi connectivity index (χ4n) is 3.25. The first kappa shape index (κ1) is 18.6. The molecule has 0 bridgehead atoms. The van der Waals surface area contributed by atoms with Crippen LogP contribution in [0.4, 0.5) is 21.6 Å². The van der Waals surface area contributed by atoms with Crippen LogP contribution < -0.4 is 15.5 Å². The molecule has 0 spiro atoms. The molecule has 4 rings (SSSR count). The SMILES string of the molecule is Cc1ccc(Sc2ncnc(N3CCN(c4ccc(F)cc4)CC3)c2N)cc1. The molecule has 5 nitrogen and oxygen atoms in total. The van der Waals surface area contributed by atoms with Crippen LogP contribution in [0.2, 0.25) is 0 Å². The van der Waals surface area contributed by atoms with E-state index in [0.717, 1.165) is 47.6 Å². The minimum atomic E-state index is -0.213. The highest BCUT2D eigenvalue weighted by Crippen LogP contribution is 2.34. The van der Waals surface area contributed by atoms with Crippen molar-refractivity contribution in [1.29, 1.82) is 0 Å². The molecule has 2 N–H and O–H groups in total. The van der Waals surface area contributed by atoms with E-state index in [1.165, 1.54) is 17.7 Å². The number of hydrogen-bond donors (Lipinski definition) is 1. The summed E-state index contributed by atoms with van der Waals surface area (Å²) in [6.07, 6.45) is 1.58. The molecular weight excluding hydrogens is 373 g/mol. The summed E-state index contributed by atoms with van der Waals surface area (Å²) in [7, 11) is 0. The number of hydrogen-bond acceptors (Lipinski definition) is 6. The predicted octanol–water partition coefficient (Wildman–Crippen LogP) is 3.98. The first-order valence-corrected chi connectivity index (χ1v) is 10.0. The molecule has 2 heterocycles. The quantitative estimate of drug-likeness (QED) is 0.674. The van der Waals surface area contributed by atoms with Crippen molar-refractivity contribution in [3.8, 4) is 0 Å². The molecule has 2 aromatic carbocycles. The normalized spacial score (nSPS) is 14.4. The highest BCUT2D eigenvalue weighted by molar-refractivity contribution is 7.99. The summed E-state index contributed by atoms with van der Waals surface area (Å²) in [4.78, 5) is 14.3. The number of nitrogens with zero attached hydrogens (tertiary/aromatic N) is 4. The third-order valence-electron chi connectivity index (χ3n) is 4.83. The van der Waals surface area contributed by atoms with Crippen LogP contribution in [-0.4, -0.2) is 36.1 Å². The number of nitrogen functional groups attached to an aromatic ring is 1. The third kappa shape index (κ3) is 4.04. The van der Waals surface area contributed by atoms with Gasteiger partial charge in [0.2, 0.25) is 0 Å². The van der Waals surface area contributed by atoms with Crippen molar-refractivity contribution in [1.82, 2.24) is 9.97 Å². The molecular formula is C21H22FN5S. The molecule has 144 valence electrons. The molecule has 28 heavy (non-hydrogen) atoms. The highest BCUT2D eigenvalue weighted by atomic mass is 32.2. The topological polar surface area (TPSA) is 58.3 Å². The Kier molecular flexibility index (Phi) is 5.34. The van der Waals surface area contributed by atoms with Crippen LogP contribution in [0.25, 0.3) is 0 Å². The summed E-state index contributed by atoms with van der Waals surface area (Å²) < 4.78 is 13.1. The number of rotatable bonds is 4. The maximum atomic E-state index is 13.1. The zero-order chi connectivity index (χ0) is 19.5. The van der Waals surface area contributed by atoms with Gasteiger partial charge in [-0.25, -0.2) is 14.4 Å². The van der Waals surface area contributed by atoms with Crippen molar-refractivity contribution in [2.45, 2.75) is 16.8 Å². The van der Waals surface area contributed by atoms with E-state index in [2.05, 4.69) is 51.0 Å². The molecule has 3 aromatic rings. The molecule has 0 amide bonds. The van der Waals surface area contributed by atoms with E-state index in [-0.39, 0.29) is 5.82 Å². The Balaban J connectivity index is 1.46. The maximum Gasteiger partial charge on any atom is 0.156 e. The molecule has 0 saturated carbocycles. The van der Waals surface area contributed by atoms with Gasteiger partial charge in [-0.2, -0.15) is 0 Å². The number of halogens is 1. The number of aryl methyl sites for hydroxylation is 1. The van der Waals surface area contributed by atoms with Crippen molar-refractivity contribution in [3.63, 3.8) is 0 Å². The molecule has 1 aliphatic rings. The van der Waals surface area contributed by atoms with Gasteiger partial charge in [0.05, 0.1) is 0 Å². The number of piperazine rings is 1. The fourth-order valence-corrected chi connectivity index (χ4v) is 4.05. The second kappa shape index (κ2) is 8.06. The molecule has 0 unspecified atom stereocenters. The lowest BCUT2D eigenvalue weighted by Crippen LogP contribution is -2.47. The average Bonchev–Trinajstić information content (AvgIpc) is 2.72. The number of nitrogens with two attached hydrogens (primary N) is 1.